The molecule has 100 valence electrons. The molecule has 1 aromatic carbocycles. The predicted molar refractivity (Wildman–Crippen MR) is 76.9 cm³/mol. The van der Waals surface area contributed by atoms with Crippen molar-refractivity contribution in [1.82, 2.24) is 4.90 Å². The van der Waals surface area contributed by atoms with Gasteiger partial charge in [-0.05, 0) is 37.6 Å². The monoisotopic (exact) mass is 257 g/mol. The molecule has 0 saturated heterocycles. The largest absolute Gasteiger partial charge is 0.399 e. The van der Waals surface area contributed by atoms with Crippen molar-refractivity contribution >= 4 is 17.7 Å². The van der Waals surface area contributed by atoms with Crippen LogP contribution in [0.1, 0.15) is 19.4 Å². The fourth-order valence-corrected chi connectivity index (χ4v) is 1.68. The van der Waals surface area contributed by atoms with Gasteiger partial charge in [-0.15, -0.1) is 0 Å². The van der Waals surface area contributed by atoms with Crippen LogP contribution in [-0.4, -0.2) is 23.9 Å². The summed E-state index contributed by atoms with van der Waals surface area (Å²) in [5.74, 6) is -0.253. The molecule has 0 aliphatic heterocycles. The number of nitrogens with two attached hydrogens (primary N) is 1. The number of hydrogen-bond donors (Lipinski definition) is 1. The summed E-state index contributed by atoms with van der Waals surface area (Å²) in [5, 5.41) is 8.78. The van der Waals surface area contributed by atoms with Crippen LogP contribution >= 0.6 is 0 Å². The Morgan fingerprint density at radius 3 is 2.89 bits per heavy atom. The minimum absolute atomic E-state index is 0.0907. The summed E-state index contributed by atoms with van der Waals surface area (Å²) in [6.45, 7) is 4.74. The maximum absolute atomic E-state index is 12.0. The van der Waals surface area contributed by atoms with Crippen molar-refractivity contribution in [2.75, 3.05) is 18.8 Å². The van der Waals surface area contributed by atoms with E-state index in [1.807, 2.05) is 19.1 Å². The second-order valence-electron chi connectivity index (χ2n) is 4.41. The normalized spacial score (nSPS) is 12.1. The number of nitrogens with zero attached hydrogens (tertiary/aromatic N) is 2. The Labute approximate surface area is 114 Å². The molecule has 1 aromatic rings. The molecule has 0 radical (unpaired) electrons. The van der Waals surface area contributed by atoms with Crippen LogP contribution in [0.15, 0.2) is 30.3 Å². The Kier molecular flexibility index (Phi) is 5.62. The SMILES string of the molecule is CCN(CC(C)C#N)C(=O)/C=C/c1cccc(N)c1. The first-order valence-corrected chi connectivity index (χ1v) is 6.29. The molecule has 19 heavy (non-hydrogen) atoms. The lowest BCUT2D eigenvalue weighted by Gasteiger charge is -2.20. The van der Waals surface area contributed by atoms with Crippen molar-refractivity contribution in [1.29, 1.82) is 5.26 Å². The number of likely N-dealkylation sites (N-methyl/N-ethyl adjacent to an activating group) is 1. The Bertz CT molecular complexity index is 502. The van der Waals surface area contributed by atoms with Gasteiger partial charge in [-0.3, -0.25) is 4.79 Å². The number of carbonyl (C=O) groups is 1. The first-order chi connectivity index (χ1) is 9.06. The van der Waals surface area contributed by atoms with Gasteiger partial charge >= 0.3 is 0 Å². The topological polar surface area (TPSA) is 70.1 Å². The maximum atomic E-state index is 12.0. The van der Waals surface area contributed by atoms with Crippen molar-refractivity contribution in [3.05, 3.63) is 35.9 Å². The summed E-state index contributed by atoms with van der Waals surface area (Å²) in [4.78, 5) is 13.6. The fraction of sp³-hybridized carbons (Fsp3) is 0.333. The lowest BCUT2D eigenvalue weighted by Crippen LogP contribution is -2.32. The number of benzene rings is 1. The van der Waals surface area contributed by atoms with Gasteiger partial charge in [-0.25, -0.2) is 0 Å². The number of hydrogen-bond acceptors (Lipinski definition) is 3. The van der Waals surface area contributed by atoms with E-state index in [0.29, 0.717) is 18.8 Å². The lowest BCUT2D eigenvalue weighted by molar-refractivity contribution is -0.126. The van der Waals surface area contributed by atoms with Crippen molar-refractivity contribution in [3.8, 4) is 6.07 Å². The molecule has 0 spiro atoms. The summed E-state index contributed by atoms with van der Waals surface area (Å²) in [6.07, 6.45) is 3.25. The zero-order valence-electron chi connectivity index (χ0n) is 11.3. The van der Waals surface area contributed by atoms with Gasteiger partial charge in [-0.1, -0.05) is 12.1 Å². The minimum Gasteiger partial charge on any atom is -0.399 e. The molecule has 1 rings (SSSR count). The molecule has 0 fully saturated rings. The summed E-state index contributed by atoms with van der Waals surface area (Å²) in [5.41, 5.74) is 7.22. The quantitative estimate of drug-likeness (QED) is 0.650. The maximum Gasteiger partial charge on any atom is 0.246 e. The van der Waals surface area contributed by atoms with E-state index in [0.717, 1.165) is 5.56 Å². The van der Waals surface area contributed by atoms with Crippen LogP contribution in [0.3, 0.4) is 0 Å². The highest BCUT2D eigenvalue weighted by Gasteiger charge is 2.11. The molecule has 1 unspecified atom stereocenters. The van der Waals surface area contributed by atoms with Crippen LogP contribution in [0.5, 0.6) is 0 Å². The van der Waals surface area contributed by atoms with Gasteiger partial charge in [0.05, 0.1) is 12.0 Å². The zero-order valence-corrected chi connectivity index (χ0v) is 11.3. The Morgan fingerprint density at radius 2 is 2.32 bits per heavy atom. The van der Waals surface area contributed by atoms with E-state index in [4.69, 9.17) is 11.0 Å². The number of amides is 1. The molecule has 4 nitrogen and oxygen atoms in total. The van der Waals surface area contributed by atoms with E-state index < -0.39 is 0 Å². The second-order valence-corrected chi connectivity index (χ2v) is 4.41. The minimum atomic E-state index is -0.162. The van der Waals surface area contributed by atoms with Gasteiger partial charge < -0.3 is 10.6 Å². The third-order valence-electron chi connectivity index (χ3n) is 2.74. The molecule has 0 heterocycles. The number of nitrogen functional groups attached to an aromatic ring is 1. The highest BCUT2D eigenvalue weighted by Crippen LogP contribution is 2.09. The van der Waals surface area contributed by atoms with Gasteiger partial charge in [0, 0.05) is 24.9 Å². The first kappa shape index (κ1) is 14.8. The molecule has 4 heteroatoms. The van der Waals surface area contributed by atoms with Gasteiger partial charge in [0.2, 0.25) is 5.91 Å². The molecular formula is C15H19N3O. The number of nitriles is 1. The highest BCUT2D eigenvalue weighted by atomic mass is 16.2. The first-order valence-electron chi connectivity index (χ1n) is 6.29. The molecule has 0 aliphatic carbocycles. The highest BCUT2D eigenvalue weighted by molar-refractivity contribution is 5.91. The zero-order chi connectivity index (χ0) is 14.3. The predicted octanol–water partition coefficient (Wildman–Crippen LogP) is 2.29. The van der Waals surface area contributed by atoms with Gasteiger partial charge in [0.25, 0.3) is 0 Å². The Morgan fingerprint density at radius 1 is 1.58 bits per heavy atom. The van der Waals surface area contributed by atoms with Gasteiger partial charge in [0.1, 0.15) is 0 Å². The van der Waals surface area contributed by atoms with Gasteiger partial charge in [-0.2, -0.15) is 5.26 Å². The molecule has 0 saturated carbocycles. The average molecular weight is 257 g/mol. The molecule has 2 N–H and O–H groups in total. The van der Waals surface area contributed by atoms with E-state index >= 15 is 0 Å². The van der Waals surface area contributed by atoms with Crippen molar-refractivity contribution in [3.63, 3.8) is 0 Å². The summed E-state index contributed by atoms with van der Waals surface area (Å²) in [6, 6.07) is 9.46. The second kappa shape index (κ2) is 7.22. The van der Waals surface area contributed by atoms with Crippen LogP contribution in [0.2, 0.25) is 0 Å². The third-order valence-corrected chi connectivity index (χ3v) is 2.74. The Hall–Kier alpha value is -2.28. The van der Waals surface area contributed by atoms with Crippen molar-refractivity contribution in [2.24, 2.45) is 5.92 Å². The molecule has 1 atom stereocenters. The molecule has 0 aromatic heterocycles. The standard InChI is InChI=1S/C15H19N3O/c1-3-18(11-12(2)10-16)15(19)8-7-13-5-4-6-14(17)9-13/h4-9,12H,3,11,17H2,1-2H3/b8-7+. The van der Waals surface area contributed by atoms with Crippen LogP contribution in [0, 0.1) is 17.2 Å². The van der Waals surface area contributed by atoms with Crippen LogP contribution < -0.4 is 5.73 Å². The smallest absolute Gasteiger partial charge is 0.246 e. The molecule has 0 aliphatic rings. The average Bonchev–Trinajstić information content (AvgIpc) is 2.41. The third kappa shape index (κ3) is 4.84. The van der Waals surface area contributed by atoms with E-state index in [2.05, 4.69) is 6.07 Å². The number of anilines is 1. The summed E-state index contributed by atoms with van der Waals surface area (Å²) >= 11 is 0. The molecule has 0 bridgehead atoms. The van der Waals surface area contributed by atoms with E-state index in [1.165, 1.54) is 6.08 Å². The molecular weight excluding hydrogens is 238 g/mol. The van der Waals surface area contributed by atoms with E-state index in [1.54, 1.807) is 30.0 Å². The number of rotatable bonds is 5. The Balaban J connectivity index is 2.69. The summed E-state index contributed by atoms with van der Waals surface area (Å²) in [7, 11) is 0. The fourth-order valence-electron chi connectivity index (χ4n) is 1.68. The molecule has 1 amide bonds. The van der Waals surface area contributed by atoms with Crippen LogP contribution in [0.4, 0.5) is 5.69 Å². The lowest BCUT2D eigenvalue weighted by atomic mass is 10.1. The summed E-state index contributed by atoms with van der Waals surface area (Å²) < 4.78 is 0. The van der Waals surface area contributed by atoms with Gasteiger partial charge in [0.15, 0.2) is 0 Å². The van der Waals surface area contributed by atoms with E-state index in [-0.39, 0.29) is 11.8 Å². The van der Waals surface area contributed by atoms with E-state index in [9.17, 15) is 4.79 Å². The van der Waals surface area contributed by atoms with Crippen molar-refractivity contribution in [2.45, 2.75) is 13.8 Å². The van der Waals surface area contributed by atoms with Crippen molar-refractivity contribution < 1.29 is 4.79 Å². The number of carbonyl (C=O) groups excluding carboxylic acids is 1. The van der Waals surface area contributed by atoms with Crippen LogP contribution in [0.25, 0.3) is 6.08 Å². The van der Waals surface area contributed by atoms with Crippen LogP contribution in [-0.2, 0) is 4.79 Å².